The lowest BCUT2D eigenvalue weighted by molar-refractivity contribution is 0.124. The fourth-order valence-corrected chi connectivity index (χ4v) is 0.901. The molecule has 0 heterocycles. The Morgan fingerprint density at radius 2 is 2.50 bits per heavy atom. The molecule has 1 rings (SSSR count). The molecule has 1 nitrogen and oxygen atoms in total. The van der Waals surface area contributed by atoms with Gasteiger partial charge in [0.1, 0.15) is 0 Å². The first kappa shape index (κ1) is 5.83. The Labute approximate surface area is 50.3 Å². The van der Waals surface area contributed by atoms with E-state index in [9.17, 15) is 0 Å². The van der Waals surface area contributed by atoms with Crippen LogP contribution in [0.3, 0.4) is 0 Å². The third kappa shape index (κ3) is 0.920. The zero-order chi connectivity index (χ0) is 5.98. The van der Waals surface area contributed by atoms with Crippen molar-refractivity contribution in [1.82, 2.24) is 0 Å². The summed E-state index contributed by atoms with van der Waals surface area (Å²) >= 11 is 0. The highest BCUT2D eigenvalue weighted by Gasteiger charge is 2.15. The molecule has 0 fully saturated rings. The van der Waals surface area contributed by atoms with E-state index in [4.69, 9.17) is 4.74 Å². The Kier molecular flexibility index (Phi) is 1.69. The molecule has 0 bridgehead atoms. The fraction of sp³-hybridized carbons (Fsp3) is 0.714. The van der Waals surface area contributed by atoms with Gasteiger partial charge in [-0.05, 0) is 12.8 Å². The van der Waals surface area contributed by atoms with Gasteiger partial charge < -0.3 is 4.74 Å². The van der Waals surface area contributed by atoms with Gasteiger partial charge in [-0.25, -0.2) is 0 Å². The Morgan fingerprint density at radius 1 is 1.88 bits per heavy atom. The SMILES string of the molecule is CCC1=CC(OC)C1. The number of hydrogen-bond donors (Lipinski definition) is 0. The van der Waals surface area contributed by atoms with Gasteiger partial charge in [-0.1, -0.05) is 18.6 Å². The van der Waals surface area contributed by atoms with E-state index in [1.54, 1.807) is 7.11 Å². The molecule has 46 valence electrons. The third-order valence-corrected chi connectivity index (χ3v) is 1.64. The summed E-state index contributed by atoms with van der Waals surface area (Å²) < 4.78 is 5.04. The van der Waals surface area contributed by atoms with Crippen LogP contribution in [-0.2, 0) is 4.74 Å². The number of methoxy groups -OCH3 is 1. The Hall–Kier alpha value is -0.300. The molecule has 0 aromatic heterocycles. The van der Waals surface area contributed by atoms with Gasteiger partial charge in [0.05, 0.1) is 6.10 Å². The van der Waals surface area contributed by atoms with Gasteiger partial charge in [0.15, 0.2) is 0 Å². The molecule has 0 saturated heterocycles. The topological polar surface area (TPSA) is 9.23 Å². The first-order chi connectivity index (χ1) is 3.86. The number of hydrogen-bond acceptors (Lipinski definition) is 1. The highest BCUT2D eigenvalue weighted by atomic mass is 16.5. The molecular formula is C7H12O. The van der Waals surface area contributed by atoms with E-state index < -0.39 is 0 Å². The average Bonchev–Trinajstić information content (AvgIpc) is 1.65. The van der Waals surface area contributed by atoms with E-state index in [1.165, 1.54) is 12.0 Å². The van der Waals surface area contributed by atoms with E-state index in [0.29, 0.717) is 6.10 Å². The third-order valence-electron chi connectivity index (χ3n) is 1.64. The smallest absolute Gasteiger partial charge is 0.0791 e. The van der Waals surface area contributed by atoms with Crippen LogP contribution in [0.15, 0.2) is 11.6 Å². The highest BCUT2D eigenvalue weighted by molar-refractivity contribution is 5.17. The first-order valence-electron chi connectivity index (χ1n) is 3.09. The predicted molar refractivity (Wildman–Crippen MR) is 33.8 cm³/mol. The minimum Gasteiger partial charge on any atom is -0.377 e. The molecule has 0 N–H and O–H groups in total. The number of ether oxygens (including phenoxy) is 1. The molecule has 8 heavy (non-hydrogen) atoms. The van der Waals surface area contributed by atoms with Crippen molar-refractivity contribution >= 4 is 0 Å². The maximum atomic E-state index is 5.04. The van der Waals surface area contributed by atoms with Crippen LogP contribution in [0.4, 0.5) is 0 Å². The summed E-state index contributed by atoms with van der Waals surface area (Å²) in [6.45, 7) is 2.18. The van der Waals surface area contributed by atoms with Crippen LogP contribution >= 0.6 is 0 Å². The molecule has 0 aliphatic heterocycles. The van der Waals surface area contributed by atoms with Crippen LogP contribution in [0.2, 0.25) is 0 Å². The summed E-state index contributed by atoms with van der Waals surface area (Å²) in [7, 11) is 1.76. The van der Waals surface area contributed by atoms with Crippen LogP contribution in [0, 0.1) is 0 Å². The van der Waals surface area contributed by atoms with E-state index in [-0.39, 0.29) is 0 Å². The van der Waals surface area contributed by atoms with Crippen molar-refractivity contribution in [2.45, 2.75) is 25.9 Å². The average molecular weight is 112 g/mol. The van der Waals surface area contributed by atoms with Gasteiger partial charge in [-0.2, -0.15) is 0 Å². The van der Waals surface area contributed by atoms with Gasteiger partial charge in [0.25, 0.3) is 0 Å². The maximum Gasteiger partial charge on any atom is 0.0791 e. The minimum atomic E-state index is 0.435. The number of rotatable bonds is 2. The predicted octanol–water partition coefficient (Wildman–Crippen LogP) is 1.74. The molecule has 1 aliphatic rings. The largest absolute Gasteiger partial charge is 0.377 e. The van der Waals surface area contributed by atoms with Crippen molar-refractivity contribution in [3.63, 3.8) is 0 Å². The zero-order valence-corrected chi connectivity index (χ0v) is 5.48. The quantitative estimate of drug-likeness (QED) is 0.494. The lowest BCUT2D eigenvalue weighted by Crippen LogP contribution is -2.17. The van der Waals surface area contributed by atoms with Crippen molar-refractivity contribution in [2.75, 3.05) is 7.11 Å². The molecule has 1 aliphatic carbocycles. The van der Waals surface area contributed by atoms with Crippen LogP contribution in [0.5, 0.6) is 0 Å². The summed E-state index contributed by atoms with van der Waals surface area (Å²) in [5.74, 6) is 0. The molecule has 0 radical (unpaired) electrons. The summed E-state index contributed by atoms with van der Waals surface area (Å²) in [4.78, 5) is 0. The second-order valence-corrected chi connectivity index (χ2v) is 2.16. The second kappa shape index (κ2) is 2.31. The van der Waals surface area contributed by atoms with E-state index in [2.05, 4.69) is 13.0 Å². The molecule has 0 saturated carbocycles. The molecule has 1 unspecified atom stereocenters. The van der Waals surface area contributed by atoms with Crippen LogP contribution in [0.25, 0.3) is 0 Å². The van der Waals surface area contributed by atoms with Crippen molar-refractivity contribution in [1.29, 1.82) is 0 Å². The Bertz CT molecular complexity index is 105. The fourth-order valence-electron chi connectivity index (χ4n) is 0.901. The molecule has 0 aromatic carbocycles. The van der Waals surface area contributed by atoms with Crippen LogP contribution in [-0.4, -0.2) is 13.2 Å². The summed E-state index contributed by atoms with van der Waals surface area (Å²) in [5.41, 5.74) is 1.54. The summed E-state index contributed by atoms with van der Waals surface area (Å²) in [6.07, 6.45) is 4.98. The molecule has 0 aromatic rings. The zero-order valence-electron chi connectivity index (χ0n) is 5.48. The second-order valence-electron chi connectivity index (χ2n) is 2.16. The monoisotopic (exact) mass is 112 g/mol. The molecular weight excluding hydrogens is 100 g/mol. The van der Waals surface area contributed by atoms with Crippen molar-refractivity contribution in [3.05, 3.63) is 11.6 Å². The first-order valence-corrected chi connectivity index (χ1v) is 3.09. The standard InChI is InChI=1S/C7H12O/c1-3-6-4-7(5-6)8-2/h4,7H,3,5H2,1-2H3. The highest BCUT2D eigenvalue weighted by Crippen LogP contribution is 2.23. The lowest BCUT2D eigenvalue weighted by Gasteiger charge is -2.22. The van der Waals surface area contributed by atoms with Gasteiger partial charge >= 0.3 is 0 Å². The van der Waals surface area contributed by atoms with Gasteiger partial charge in [-0.3, -0.25) is 0 Å². The van der Waals surface area contributed by atoms with Gasteiger partial charge in [0, 0.05) is 7.11 Å². The maximum absolute atomic E-state index is 5.04. The lowest BCUT2D eigenvalue weighted by atomic mass is 9.94. The van der Waals surface area contributed by atoms with Gasteiger partial charge in [-0.15, -0.1) is 0 Å². The van der Waals surface area contributed by atoms with Crippen LogP contribution in [0.1, 0.15) is 19.8 Å². The van der Waals surface area contributed by atoms with Gasteiger partial charge in [0.2, 0.25) is 0 Å². The van der Waals surface area contributed by atoms with Crippen molar-refractivity contribution < 1.29 is 4.74 Å². The Morgan fingerprint density at radius 3 is 2.88 bits per heavy atom. The Balaban J connectivity index is 2.27. The van der Waals surface area contributed by atoms with Crippen molar-refractivity contribution in [2.24, 2.45) is 0 Å². The summed E-state index contributed by atoms with van der Waals surface area (Å²) in [5, 5.41) is 0. The molecule has 1 heteroatoms. The summed E-state index contributed by atoms with van der Waals surface area (Å²) in [6, 6.07) is 0. The van der Waals surface area contributed by atoms with E-state index >= 15 is 0 Å². The molecule has 1 atom stereocenters. The van der Waals surface area contributed by atoms with E-state index in [1.807, 2.05) is 0 Å². The normalized spacial score (nSPS) is 26.8. The van der Waals surface area contributed by atoms with Crippen LogP contribution < -0.4 is 0 Å². The van der Waals surface area contributed by atoms with Crippen molar-refractivity contribution in [3.8, 4) is 0 Å². The molecule has 0 spiro atoms. The molecule has 0 amide bonds. The van der Waals surface area contributed by atoms with E-state index in [0.717, 1.165) is 6.42 Å². The minimum absolute atomic E-state index is 0.435.